The van der Waals surface area contributed by atoms with Crippen molar-refractivity contribution in [1.82, 2.24) is 15.0 Å². The van der Waals surface area contributed by atoms with Gasteiger partial charge < -0.3 is 5.11 Å². The van der Waals surface area contributed by atoms with E-state index in [9.17, 15) is 0 Å². The summed E-state index contributed by atoms with van der Waals surface area (Å²) in [5.74, 6) is 0.732. The molecule has 16 heavy (non-hydrogen) atoms. The van der Waals surface area contributed by atoms with Crippen molar-refractivity contribution in [2.45, 2.75) is 52.7 Å². The summed E-state index contributed by atoms with van der Waals surface area (Å²) in [6.07, 6.45) is 5.47. The highest BCUT2D eigenvalue weighted by Gasteiger charge is 2.33. The molecule has 0 radical (unpaired) electrons. The molecule has 1 aliphatic rings. The quantitative estimate of drug-likeness (QED) is 0.836. The molecule has 4 heteroatoms. The molecule has 1 fully saturated rings. The zero-order valence-electron chi connectivity index (χ0n) is 10.3. The van der Waals surface area contributed by atoms with Gasteiger partial charge in [-0.1, -0.05) is 26.0 Å². The van der Waals surface area contributed by atoms with E-state index in [1.807, 2.05) is 10.9 Å². The Labute approximate surface area is 96.7 Å². The molecule has 2 rings (SSSR count). The Balaban J connectivity index is 2.14. The first-order valence-electron chi connectivity index (χ1n) is 6.02. The number of aliphatic hydroxyl groups excluding tert-OH is 1. The number of hydrogen-bond donors (Lipinski definition) is 1. The van der Waals surface area contributed by atoms with E-state index in [4.69, 9.17) is 5.11 Å². The minimum absolute atomic E-state index is 0.0222. The molecule has 0 bridgehead atoms. The predicted molar refractivity (Wildman–Crippen MR) is 61.8 cm³/mol. The van der Waals surface area contributed by atoms with E-state index in [0.29, 0.717) is 17.2 Å². The third-order valence-corrected chi connectivity index (χ3v) is 3.46. The summed E-state index contributed by atoms with van der Waals surface area (Å²) >= 11 is 0. The number of nitrogens with zero attached hydrogens (tertiary/aromatic N) is 3. The van der Waals surface area contributed by atoms with Gasteiger partial charge in [0.25, 0.3) is 0 Å². The van der Waals surface area contributed by atoms with Crippen LogP contribution in [0, 0.1) is 11.3 Å². The Morgan fingerprint density at radius 3 is 2.81 bits per heavy atom. The molecule has 0 aliphatic heterocycles. The molecule has 1 aromatic rings. The molecule has 90 valence electrons. The summed E-state index contributed by atoms with van der Waals surface area (Å²) in [4.78, 5) is 0. The zero-order valence-corrected chi connectivity index (χ0v) is 10.3. The molecule has 0 aromatic carbocycles. The molecule has 0 saturated heterocycles. The van der Waals surface area contributed by atoms with Gasteiger partial charge in [-0.2, -0.15) is 0 Å². The smallest absolute Gasteiger partial charge is 0.108 e. The van der Waals surface area contributed by atoms with Gasteiger partial charge in [-0.25, -0.2) is 4.68 Å². The highest BCUT2D eigenvalue weighted by Crippen LogP contribution is 2.43. The van der Waals surface area contributed by atoms with Gasteiger partial charge in [-0.05, 0) is 30.6 Å². The van der Waals surface area contributed by atoms with Crippen molar-refractivity contribution in [3.8, 4) is 0 Å². The van der Waals surface area contributed by atoms with Gasteiger partial charge in [0.15, 0.2) is 0 Å². The Morgan fingerprint density at radius 2 is 2.25 bits per heavy atom. The van der Waals surface area contributed by atoms with E-state index < -0.39 is 0 Å². The summed E-state index contributed by atoms with van der Waals surface area (Å²) in [5, 5.41) is 17.1. The van der Waals surface area contributed by atoms with Crippen LogP contribution < -0.4 is 0 Å². The minimum Gasteiger partial charge on any atom is -0.390 e. The lowest BCUT2D eigenvalue weighted by Gasteiger charge is -2.38. The first-order chi connectivity index (χ1) is 7.50. The molecule has 4 nitrogen and oxygen atoms in total. The van der Waals surface area contributed by atoms with Gasteiger partial charge in [0.2, 0.25) is 0 Å². The maximum atomic E-state index is 8.99. The lowest BCUT2D eigenvalue weighted by molar-refractivity contribution is 0.129. The second-order valence-electron chi connectivity index (χ2n) is 5.92. The van der Waals surface area contributed by atoms with Crippen LogP contribution in [0.25, 0.3) is 0 Å². The van der Waals surface area contributed by atoms with Gasteiger partial charge in [0.05, 0.1) is 18.8 Å². The number of aliphatic hydroxyl groups is 1. The van der Waals surface area contributed by atoms with Gasteiger partial charge in [0, 0.05) is 0 Å². The Hall–Kier alpha value is -0.900. The summed E-state index contributed by atoms with van der Waals surface area (Å²) in [6, 6.07) is 0.437. The highest BCUT2D eigenvalue weighted by molar-refractivity contribution is 4.93. The minimum atomic E-state index is -0.0222. The van der Waals surface area contributed by atoms with Crippen molar-refractivity contribution in [2.24, 2.45) is 11.3 Å². The molecular weight excluding hydrogens is 202 g/mol. The van der Waals surface area contributed by atoms with Crippen molar-refractivity contribution in [3.05, 3.63) is 11.9 Å². The highest BCUT2D eigenvalue weighted by atomic mass is 16.3. The van der Waals surface area contributed by atoms with Gasteiger partial charge in [-0.3, -0.25) is 0 Å². The molecular formula is C12H21N3O. The molecule has 1 N–H and O–H groups in total. The summed E-state index contributed by atoms with van der Waals surface area (Å²) in [6.45, 7) is 6.92. The largest absolute Gasteiger partial charge is 0.390 e. The Morgan fingerprint density at radius 1 is 1.50 bits per heavy atom. The average Bonchev–Trinajstić information content (AvgIpc) is 2.62. The van der Waals surface area contributed by atoms with Crippen molar-refractivity contribution >= 4 is 0 Å². The van der Waals surface area contributed by atoms with Gasteiger partial charge in [0.1, 0.15) is 5.69 Å². The summed E-state index contributed by atoms with van der Waals surface area (Å²) in [5.41, 5.74) is 1.05. The summed E-state index contributed by atoms with van der Waals surface area (Å²) in [7, 11) is 0. The van der Waals surface area contributed by atoms with Crippen LogP contribution in [0.1, 0.15) is 51.8 Å². The van der Waals surface area contributed by atoms with Gasteiger partial charge >= 0.3 is 0 Å². The topological polar surface area (TPSA) is 50.9 Å². The van der Waals surface area contributed by atoms with Crippen LogP contribution >= 0.6 is 0 Å². The molecule has 0 unspecified atom stereocenters. The van der Waals surface area contributed by atoms with E-state index in [-0.39, 0.29) is 6.61 Å². The standard InChI is InChI=1S/C12H21N3O/c1-9-4-11(6-12(2,3)5-9)15-7-10(8-16)13-14-15/h7,9,11,16H,4-6,8H2,1-3H3/t9-,11+/m1/s1. The molecule has 1 saturated carbocycles. The van der Waals surface area contributed by atoms with Gasteiger partial charge in [-0.15, -0.1) is 5.10 Å². The van der Waals surface area contributed by atoms with Crippen LogP contribution in [0.3, 0.4) is 0 Å². The zero-order chi connectivity index (χ0) is 11.8. The van der Waals surface area contributed by atoms with Crippen molar-refractivity contribution in [3.63, 3.8) is 0 Å². The van der Waals surface area contributed by atoms with E-state index >= 15 is 0 Å². The Bertz CT molecular complexity index is 359. The van der Waals surface area contributed by atoms with Crippen LogP contribution in [0.15, 0.2) is 6.20 Å². The molecule has 1 heterocycles. The lowest BCUT2D eigenvalue weighted by atomic mass is 9.71. The van der Waals surface area contributed by atoms with Crippen LogP contribution in [-0.4, -0.2) is 20.1 Å². The van der Waals surface area contributed by atoms with Crippen LogP contribution in [0.4, 0.5) is 0 Å². The first-order valence-corrected chi connectivity index (χ1v) is 6.02. The number of rotatable bonds is 2. The van der Waals surface area contributed by atoms with Crippen molar-refractivity contribution in [1.29, 1.82) is 0 Å². The number of aromatic nitrogens is 3. The summed E-state index contributed by atoms with van der Waals surface area (Å²) < 4.78 is 1.93. The fourth-order valence-electron chi connectivity index (χ4n) is 3.06. The van der Waals surface area contributed by atoms with E-state index in [2.05, 4.69) is 31.1 Å². The normalized spacial score (nSPS) is 29.2. The van der Waals surface area contributed by atoms with Crippen LogP contribution in [-0.2, 0) is 6.61 Å². The van der Waals surface area contributed by atoms with E-state index in [1.54, 1.807) is 0 Å². The molecule has 0 spiro atoms. The average molecular weight is 223 g/mol. The second-order valence-corrected chi connectivity index (χ2v) is 5.92. The van der Waals surface area contributed by atoms with E-state index in [0.717, 1.165) is 18.8 Å². The third-order valence-electron chi connectivity index (χ3n) is 3.46. The first kappa shape index (κ1) is 11.6. The van der Waals surface area contributed by atoms with Crippen LogP contribution in [0.2, 0.25) is 0 Å². The van der Waals surface area contributed by atoms with E-state index in [1.165, 1.54) is 6.42 Å². The molecule has 2 atom stereocenters. The SMILES string of the molecule is C[C@@H]1C[C@H](n2cc(CO)nn2)CC(C)(C)C1. The lowest BCUT2D eigenvalue weighted by Crippen LogP contribution is -2.29. The third kappa shape index (κ3) is 2.43. The number of hydrogen-bond acceptors (Lipinski definition) is 3. The van der Waals surface area contributed by atoms with Crippen LogP contribution in [0.5, 0.6) is 0 Å². The van der Waals surface area contributed by atoms with Crippen molar-refractivity contribution < 1.29 is 5.11 Å². The fourth-order valence-corrected chi connectivity index (χ4v) is 3.06. The predicted octanol–water partition coefficient (Wildman–Crippen LogP) is 2.16. The monoisotopic (exact) mass is 223 g/mol. The Kier molecular flexibility index (Phi) is 3.02. The van der Waals surface area contributed by atoms with Crippen molar-refractivity contribution in [2.75, 3.05) is 0 Å². The fraction of sp³-hybridized carbons (Fsp3) is 0.833. The molecule has 1 aromatic heterocycles. The molecule has 0 amide bonds. The maximum Gasteiger partial charge on any atom is 0.108 e. The maximum absolute atomic E-state index is 8.99. The second kappa shape index (κ2) is 4.17. The molecule has 1 aliphatic carbocycles.